The van der Waals surface area contributed by atoms with Crippen molar-refractivity contribution in [3.05, 3.63) is 48.4 Å². The van der Waals surface area contributed by atoms with Crippen molar-refractivity contribution in [2.75, 3.05) is 0 Å². The second-order valence-corrected chi connectivity index (χ2v) is 3.81. The van der Waals surface area contributed by atoms with E-state index in [2.05, 4.69) is 10.2 Å². The predicted molar refractivity (Wildman–Crippen MR) is 64.2 cm³/mol. The quantitative estimate of drug-likeness (QED) is 0.745. The predicted octanol–water partition coefficient (Wildman–Crippen LogP) is 2.59. The van der Waals surface area contributed by atoms with Gasteiger partial charge in [0.05, 0.1) is 23.7 Å². The number of hydrogen-bond donors (Lipinski definition) is 1. The van der Waals surface area contributed by atoms with Gasteiger partial charge in [0.1, 0.15) is 5.58 Å². The number of benzene rings is 1. The van der Waals surface area contributed by atoms with Gasteiger partial charge in [-0.25, -0.2) is 4.79 Å². The first-order valence-corrected chi connectivity index (χ1v) is 5.28. The van der Waals surface area contributed by atoms with E-state index in [1.807, 2.05) is 24.3 Å². The van der Waals surface area contributed by atoms with E-state index in [0.29, 0.717) is 5.69 Å². The Labute approximate surface area is 102 Å². The highest BCUT2D eigenvalue weighted by Gasteiger charge is 2.08. The average molecular weight is 240 g/mol. The molecule has 5 heteroatoms. The molecule has 3 aromatic rings. The first kappa shape index (κ1) is 10.5. The van der Waals surface area contributed by atoms with Crippen LogP contribution in [0.3, 0.4) is 0 Å². The lowest BCUT2D eigenvalue weighted by molar-refractivity contribution is 0.0696. The van der Waals surface area contributed by atoms with Crippen LogP contribution in [0.4, 0.5) is 0 Å². The molecule has 0 aliphatic heterocycles. The van der Waals surface area contributed by atoms with E-state index < -0.39 is 5.97 Å². The van der Waals surface area contributed by atoms with Crippen LogP contribution in [0.5, 0.6) is 0 Å². The van der Waals surface area contributed by atoms with Crippen molar-refractivity contribution >= 4 is 16.9 Å². The van der Waals surface area contributed by atoms with E-state index in [4.69, 9.17) is 9.52 Å². The maximum atomic E-state index is 10.9. The highest BCUT2D eigenvalue weighted by Crippen LogP contribution is 2.23. The summed E-state index contributed by atoms with van der Waals surface area (Å²) >= 11 is 0. The van der Waals surface area contributed by atoms with E-state index >= 15 is 0 Å². The van der Waals surface area contributed by atoms with Gasteiger partial charge in [0.15, 0.2) is 0 Å². The summed E-state index contributed by atoms with van der Waals surface area (Å²) in [6, 6.07) is 8.86. The number of rotatable bonds is 2. The van der Waals surface area contributed by atoms with Crippen LogP contribution in [-0.2, 0) is 0 Å². The molecule has 5 nitrogen and oxygen atoms in total. The second kappa shape index (κ2) is 3.96. The van der Waals surface area contributed by atoms with Crippen LogP contribution in [-0.4, -0.2) is 21.3 Å². The van der Waals surface area contributed by atoms with Gasteiger partial charge in [0.25, 0.3) is 0 Å². The number of carbonyl (C=O) groups is 1. The highest BCUT2D eigenvalue weighted by molar-refractivity contribution is 5.89. The van der Waals surface area contributed by atoms with Gasteiger partial charge < -0.3 is 9.52 Å². The van der Waals surface area contributed by atoms with Crippen LogP contribution in [0.2, 0.25) is 0 Å². The third kappa shape index (κ3) is 1.71. The molecule has 0 bridgehead atoms. The molecule has 3 rings (SSSR count). The van der Waals surface area contributed by atoms with E-state index in [0.717, 1.165) is 16.5 Å². The molecule has 0 spiro atoms. The van der Waals surface area contributed by atoms with Crippen molar-refractivity contribution in [2.24, 2.45) is 0 Å². The number of carboxylic acids is 1. The zero-order chi connectivity index (χ0) is 12.5. The summed E-state index contributed by atoms with van der Waals surface area (Å²) in [5, 5.41) is 17.5. The van der Waals surface area contributed by atoms with E-state index in [-0.39, 0.29) is 5.56 Å². The topological polar surface area (TPSA) is 76.2 Å². The summed E-state index contributed by atoms with van der Waals surface area (Å²) < 4.78 is 5.24. The Hall–Kier alpha value is -2.69. The van der Waals surface area contributed by atoms with Crippen molar-refractivity contribution in [3.63, 3.8) is 0 Å². The molecule has 2 heterocycles. The molecule has 0 unspecified atom stereocenters. The summed E-state index contributed by atoms with van der Waals surface area (Å²) in [5.41, 5.74) is 2.23. The zero-order valence-corrected chi connectivity index (χ0v) is 9.20. The molecule has 88 valence electrons. The molecule has 0 radical (unpaired) electrons. The number of hydrogen-bond acceptors (Lipinski definition) is 4. The largest absolute Gasteiger partial charge is 0.478 e. The zero-order valence-electron chi connectivity index (χ0n) is 9.20. The SMILES string of the molecule is O=C(O)c1cnnc(-c2ccc3occc3c2)c1. The molecular formula is C13H8N2O3. The molecule has 0 saturated carbocycles. The van der Waals surface area contributed by atoms with E-state index in [1.165, 1.54) is 12.3 Å². The first-order chi connectivity index (χ1) is 8.74. The summed E-state index contributed by atoms with van der Waals surface area (Å²) in [6.07, 6.45) is 2.83. The number of fused-ring (bicyclic) bond motifs is 1. The van der Waals surface area contributed by atoms with E-state index in [1.54, 1.807) is 6.26 Å². The normalized spacial score (nSPS) is 10.7. The molecule has 18 heavy (non-hydrogen) atoms. The van der Waals surface area contributed by atoms with Crippen molar-refractivity contribution < 1.29 is 14.3 Å². The molecule has 0 atom stereocenters. The Balaban J connectivity index is 2.13. The maximum Gasteiger partial charge on any atom is 0.337 e. The Morgan fingerprint density at radius 1 is 1.22 bits per heavy atom. The molecule has 0 aliphatic rings. The van der Waals surface area contributed by atoms with Crippen molar-refractivity contribution in [2.45, 2.75) is 0 Å². The van der Waals surface area contributed by atoms with Gasteiger partial charge in [0.2, 0.25) is 0 Å². The molecule has 2 aromatic heterocycles. The third-order valence-electron chi connectivity index (χ3n) is 2.65. The minimum atomic E-state index is -1.02. The summed E-state index contributed by atoms with van der Waals surface area (Å²) in [4.78, 5) is 10.9. The number of aromatic nitrogens is 2. The van der Waals surface area contributed by atoms with Crippen LogP contribution in [0, 0.1) is 0 Å². The fourth-order valence-corrected chi connectivity index (χ4v) is 1.75. The molecule has 1 aromatic carbocycles. The lowest BCUT2D eigenvalue weighted by atomic mass is 10.1. The van der Waals surface area contributed by atoms with Gasteiger partial charge in [-0.2, -0.15) is 10.2 Å². The summed E-state index contributed by atoms with van der Waals surface area (Å²) in [5.74, 6) is -1.02. The smallest absolute Gasteiger partial charge is 0.337 e. The number of carboxylic acid groups (broad SMARTS) is 1. The number of furan rings is 1. The van der Waals surface area contributed by atoms with Crippen LogP contribution in [0.25, 0.3) is 22.2 Å². The minimum absolute atomic E-state index is 0.118. The van der Waals surface area contributed by atoms with Crippen LogP contribution in [0.15, 0.2) is 47.2 Å². The van der Waals surface area contributed by atoms with Crippen molar-refractivity contribution in [1.82, 2.24) is 10.2 Å². The Morgan fingerprint density at radius 3 is 2.94 bits per heavy atom. The van der Waals surface area contributed by atoms with Crippen LogP contribution < -0.4 is 0 Å². The fraction of sp³-hybridized carbons (Fsp3) is 0. The minimum Gasteiger partial charge on any atom is -0.478 e. The maximum absolute atomic E-state index is 10.9. The summed E-state index contributed by atoms with van der Waals surface area (Å²) in [7, 11) is 0. The highest BCUT2D eigenvalue weighted by atomic mass is 16.4. The molecule has 0 fully saturated rings. The fourth-order valence-electron chi connectivity index (χ4n) is 1.75. The van der Waals surface area contributed by atoms with Gasteiger partial charge >= 0.3 is 5.97 Å². The van der Waals surface area contributed by atoms with Crippen molar-refractivity contribution in [3.8, 4) is 11.3 Å². The molecule has 1 N–H and O–H groups in total. The number of nitrogens with zero attached hydrogens (tertiary/aromatic N) is 2. The molecular weight excluding hydrogens is 232 g/mol. The standard InChI is InChI=1S/C13H8N2O3/c16-13(17)10-6-11(15-14-7-10)8-1-2-12-9(5-8)3-4-18-12/h1-7H,(H,16,17). The van der Waals surface area contributed by atoms with Gasteiger partial charge in [-0.05, 0) is 30.3 Å². The molecule has 0 amide bonds. The Kier molecular flexibility index (Phi) is 2.30. The van der Waals surface area contributed by atoms with Crippen LogP contribution >= 0.6 is 0 Å². The second-order valence-electron chi connectivity index (χ2n) is 3.81. The van der Waals surface area contributed by atoms with Crippen molar-refractivity contribution in [1.29, 1.82) is 0 Å². The van der Waals surface area contributed by atoms with Gasteiger partial charge in [-0.1, -0.05) is 0 Å². The average Bonchev–Trinajstić information content (AvgIpc) is 2.86. The Bertz CT molecular complexity index is 734. The van der Waals surface area contributed by atoms with Gasteiger partial charge in [-0.3, -0.25) is 0 Å². The molecule has 0 aliphatic carbocycles. The Morgan fingerprint density at radius 2 is 2.11 bits per heavy atom. The monoisotopic (exact) mass is 240 g/mol. The van der Waals surface area contributed by atoms with Crippen LogP contribution in [0.1, 0.15) is 10.4 Å². The molecule has 0 saturated heterocycles. The first-order valence-electron chi connectivity index (χ1n) is 5.28. The lowest BCUT2D eigenvalue weighted by Crippen LogP contribution is -1.99. The van der Waals surface area contributed by atoms with E-state index in [9.17, 15) is 4.79 Å². The number of aromatic carboxylic acids is 1. The van der Waals surface area contributed by atoms with Gasteiger partial charge in [-0.15, -0.1) is 0 Å². The summed E-state index contributed by atoms with van der Waals surface area (Å²) in [6.45, 7) is 0. The third-order valence-corrected chi connectivity index (χ3v) is 2.65. The van der Waals surface area contributed by atoms with Gasteiger partial charge in [0, 0.05) is 10.9 Å². The lowest BCUT2D eigenvalue weighted by Gasteiger charge is -2.01.